The topological polar surface area (TPSA) is 67.5 Å². The van der Waals surface area contributed by atoms with Crippen LogP contribution in [0.15, 0.2) is 47.4 Å². The molecule has 232 valence electrons. The second-order valence-corrected chi connectivity index (χ2v) is 14.3. The van der Waals surface area contributed by atoms with Crippen molar-refractivity contribution in [2.24, 2.45) is 5.41 Å². The van der Waals surface area contributed by atoms with Gasteiger partial charge in [-0.05, 0) is 88.1 Å². The van der Waals surface area contributed by atoms with Crippen molar-refractivity contribution in [3.8, 4) is 23.1 Å². The molecule has 7 nitrogen and oxygen atoms in total. The summed E-state index contributed by atoms with van der Waals surface area (Å²) >= 11 is 13.0. The van der Waals surface area contributed by atoms with Gasteiger partial charge in [-0.1, -0.05) is 40.2 Å². The summed E-state index contributed by atoms with van der Waals surface area (Å²) in [5.74, 6) is 9.73. The number of fused-ring (bicyclic) bond motifs is 4. The van der Waals surface area contributed by atoms with Crippen molar-refractivity contribution in [1.82, 2.24) is 20.0 Å². The summed E-state index contributed by atoms with van der Waals surface area (Å²) in [6.45, 7) is 4.59. The van der Waals surface area contributed by atoms with Crippen molar-refractivity contribution in [2.75, 3.05) is 38.1 Å². The van der Waals surface area contributed by atoms with Crippen LogP contribution in [0.2, 0.25) is 10.0 Å². The molecule has 1 aliphatic heterocycles. The van der Waals surface area contributed by atoms with E-state index < -0.39 is 0 Å². The molecule has 0 unspecified atom stereocenters. The first-order valence-corrected chi connectivity index (χ1v) is 16.9. The van der Waals surface area contributed by atoms with Crippen molar-refractivity contribution in [2.45, 2.75) is 69.5 Å². The number of pyridine rings is 2. The zero-order chi connectivity index (χ0) is 30.6. The van der Waals surface area contributed by atoms with Crippen molar-refractivity contribution < 1.29 is 9.26 Å². The molecule has 0 spiro atoms. The highest BCUT2D eigenvalue weighted by molar-refractivity contribution is 6.38. The number of nitrogens with zero attached hydrogens (tertiary/aromatic N) is 5. The zero-order valence-corrected chi connectivity index (χ0v) is 27.1. The number of aromatic nitrogens is 3. The molecule has 0 amide bonds. The maximum Gasteiger partial charge on any atom is 0.145 e. The maximum absolute atomic E-state index is 6.82. The van der Waals surface area contributed by atoms with E-state index in [2.05, 4.69) is 63.1 Å². The van der Waals surface area contributed by atoms with E-state index in [0.717, 1.165) is 100 Å². The average molecular weight is 643 g/mol. The molecule has 1 aromatic carbocycles. The first-order valence-electron chi connectivity index (χ1n) is 16.2. The summed E-state index contributed by atoms with van der Waals surface area (Å²) in [6.07, 6.45) is 13.5. The third kappa shape index (κ3) is 5.61. The van der Waals surface area contributed by atoms with E-state index in [0.29, 0.717) is 33.8 Å². The van der Waals surface area contributed by atoms with Crippen LogP contribution < -0.4 is 4.90 Å². The third-order valence-corrected chi connectivity index (χ3v) is 11.1. The Morgan fingerprint density at radius 2 is 1.71 bits per heavy atom. The summed E-state index contributed by atoms with van der Waals surface area (Å²) in [5, 5.41) is 7.77. The number of piperazine rings is 1. The first-order chi connectivity index (χ1) is 21.9. The first kappa shape index (κ1) is 29.3. The lowest BCUT2D eigenvalue weighted by Crippen LogP contribution is -2.47. The Bertz CT molecular complexity index is 1770. The van der Waals surface area contributed by atoms with Crippen molar-refractivity contribution in [3.05, 3.63) is 69.8 Å². The second kappa shape index (κ2) is 11.6. The SMILES string of the molecule is CN1CCN(c2nccc3cc(C#CC45CCC(OCc6c(-c7c(Cl)cncc7Cl)noc6C6CC6)(CC4)CC5)ccc23)CC1. The second-order valence-electron chi connectivity index (χ2n) is 13.5. The monoisotopic (exact) mass is 641 g/mol. The van der Waals surface area contributed by atoms with Gasteiger partial charge in [0.25, 0.3) is 0 Å². The summed E-state index contributed by atoms with van der Waals surface area (Å²) in [6, 6.07) is 8.72. The molecule has 4 aromatic rings. The molecule has 1 saturated heterocycles. The van der Waals surface area contributed by atoms with E-state index in [1.807, 2.05) is 6.20 Å². The lowest BCUT2D eigenvalue weighted by Gasteiger charge is -2.51. The van der Waals surface area contributed by atoms with Gasteiger partial charge in [-0.25, -0.2) is 4.98 Å². The van der Waals surface area contributed by atoms with Gasteiger partial charge in [0.2, 0.25) is 0 Å². The number of rotatable bonds is 6. The quantitative estimate of drug-likeness (QED) is 0.198. The molecule has 5 aliphatic rings. The maximum atomic E-state index is 6.82. The molecular formula is C36H37Cl2N5O2. The Balaban J connectivity index is 0.967. The fourth-order valence-corrected chi connectivity index (χ4v) is 8.00. The van der Waals surface area contributed by atoms with Gasteiger partial charge in [0.05, 0.1) is 22.3 Å². The average Bonchev–Trinajstić information content (AvgIpc) is 3.83. The van der Waals surface area contributed by atoms with Gasteiger partial charge >= 0.3 is 0 Å². The molecule has 2 bridgehead atoms. The summed E-state index contributed by atoms with van der Waals surface area (Å²) in [7, 11) is 2.18. The number of anilines is 1. The minimum Gasteiger partial charge on any atom is -0.370 e. The van der Waals surface area contributed by atoms with Crippen LogP contribution in [0.4, 0.5) is 5.82 Å². The van der Waals surface area contributed by atoms with Crippen LogP contribution in [0.25, 0.3) is 22.0 Å². The molecule has 5 fully saturated rings. The van der Waals surface area contributed by atoms with Gasteiger partial charge < -0.3 is 19.1 Å². The predicted octanol–water partition coefficient (Wildman–Crippen LogP) is 7.88. The van der Waals surface area contributed by atoms with E-state index in [4.69, 9.17) is 37.4 Å². The number of halogens is 2. The normalized spacial score (nSPS) is 25.0. The fraction of sp³-hybridized carbons (Fsp3) is 0.472. The number of hydrogen-bond acceptors (Lipinski definition) is 7. The minimum absolute atomic E-state index is 0.0584. The van der Waals surface area contributed by atoms with E-state index >= 15 is 0 Å². The lowest BCUT2D eigenvalue weighted by molar-refractivity contribution is -0.131. The Morgan fingerprint density at radius 1 is 0.978 bits per heavy atom. The van der Waals surface area contributed by atoms with Gasteiger partial charge in [-0.3, -0.25) is 4.98 Å². The molecular weight excluding hydrogens is 605 g/mol. The molecule has 4 saturated carbocycles. The van der Waals surface area contributed by atoms with Crippen LogP contribution in [-0.2, 0) is 11.3 Å². The number of ether oxygens (including phenoxy) is 1. The van der Waals surface area contributed by atoms with Crippen molar-refractivity contribution in [3.63, 3.8) is 0 Å². The molecule has 4 heterocycles. The Labute approximate surface area is 274 Å². The van der Waals surface area contributed by atoms with E-state index in [1.54, 1.807) is 12.4 Å². The summed E-state index contributed by atoms with van der Waals surface area (Å²) in [5.41, 5.74) is 3.32. The van der Waals surface area contributed by atoms with E-state index in [9.17, 15) is 0 Å². The minimum atomic E-state index is -0.139. The molecule has 0 N–H and O–H groups in total. The highest BCUT2D eigenvalue weighted by atomic mass is 35.5. The lowest BCUT2D eigenvalue weighted by atomic mass is 9.59. The van der Waals surface area contributed by atoms with Crippen LogP contribution in [0.5, 0.6) is 0 Å². The number of benzene rings is 1. The van der Waals surface area contributed by atoms with Crippen LogP contribution in [0.3, 0.4) is 0 Å². The third-order valence-electron chi connectivity index (χ3n) is 10.6. The highest BCUT2D eigenvalue weighted by Crippen LogP contribution is 2.54. The van der Waals surface area contributed by atoms with E-state index in [1.165, 1.54) is 10.8 Å². The summed E-state index contributed by atoms with van der Waals surface area (Å²) < 4.78 is 12.7. The molecule has 3 aromatic heterocycles. The summed E-state index contributed by atoms with van der Waals surface area (Å²) in [4.78, 5) is 13.6. The zero-order valence-electron chi connectivity index (χ0n) is 25.6. The van der Waals surface area contributed by atoms with Crippen LogP contribution in [-0.4, -0.2) is 58.9 Å². The number of hydrogen-bond donors (Lipinski definition) is 0. The highest BCUT2D eigenvalue weighted by Gasteiger charge is 2.49. The van der Waals surface area contributed by atoms with Crippen molar-refractivity contribution >= 4 is 39.8 Å². The van der Waals surface area contributed by atoms with Gasteiger partial charge in [-0.15, -0.1) is 0 Å². The van der Waals surface area contributed by atoms with Crippen LogP contribution >= 0.6 is 23.2 Å². The standard InChI is InChI=1S/C36H37Cl2N5O2/c1-42-16-18-43(19-17-42)34-27-5-2-24(20-26(27)7-15-40-34)6-8-35-9-12-36(13-10-35,14-11-35)44-23-28-32(41-45-33(28)25-3-4-25)31-29(37)21-39-22-30(31)38/h2,5,7,15,20-22,25H,3-4,9-14,16-19,23H2,1H3. The van der Waals surface area contributed by atoms with E-state index in [-0.39, 0.29) is 11.0 Å². The molecule has 9 heteroatoms. The van der Waals surface area contributed by atoms with Crippen LogP contribution in [0.1, 0.15) is 74.2 Å². The molecule has 0 atom stereocenters. The van der Waals surface area contributed by atoms with Crippen molar-refractivity contribution in [1.29, 1.82) is 0 Å². The molecule has 45 heavy (non-hydrogen) atoms. The fourth-order valence-electron chi connectivity index (χ4n) is 7.46. The van der Waals surface area contributed by atoms with Gasteiger partial charge in [0, 0.05) is 78.2 Å². The Hall–Kier alpha value is -3.15. The number of likely N-dealkylation sites (N-methyl/N-ethyl adjacent to an activating group) is 1. The molecule has 0 radical (unpaired) electrons. The molecule has 9 rings (SSSR count). The van der Waals surface area contributed by atoms with Crippen LogP contribution in [0, 0.1) is 17.3 Å². The van der Waals surface area contributed by atoms with Gasteiger partial charge in [0.1, 0.15) is 17.3 Å². The Kier molecular flexibility index (Phi) is 7.53. The molecule has 4 aliphatic carbocycles. The van der Waals surface area contributed by atoms with Gasteiger partial charge in [-0.2, -0.15) is 0 Å². The predicted molar refractivity (Wildman–Crippen MR) is 178 cm³/mol. The van der Waals surface area contributed by atoms with Gasteiger partial charge in [0.15, 0.2) is 0 Å². The smallest absolute Gasteiger partial charge is 0.145 e. The Morgan fingerprint density at radius 3 is 2.42 bits per heavy atom. The largest absolute Gasteiger partial charge is 0.370 e.